The largest absolute Gasteiger partial charge is 0.510 e. The van der Waals surface area contributed by atoms with Gasteiger partial charge in [0.15, 0.2) is 34.1 Å². The van der Waals surface area contributed by atoms with Crippen LogP contribution in [0.3, 0.4) is 0 Å². The Morgan fingerprint density at radius 1 is 0.456 bits per heavy atom. The molecule has 2 aromatic carbocycles. The number of benzene rings is 2. The summed E-state index contributed by atoms with van der Waals surface area (Å²) in [7, 11) is 6.43. The quantitative estimate of drug-likeness (QED) is 0.00924. The van der Waals surface area contributed by atoms with Gasteiger partial charge in [0.2, 0.25) is 0 Å². The summed E-state index contributed by atoms with van der Waals surface area (Å²) in [6.45, 7) is 24.8. The monoisotopic (exact) mass is 2030 g/mol. The normalized spacial score (nSPS) is 12.4. The third-order valence-corrected chi connectivity index (χ3v) is 19.3. The SMILES string of the molecule is CCC(Cl)OC(=O)Cl.CCC(Cl)OC(=O)OCCOCCOCCOC.CCC(Cl)OC(=O)OCCOCCOCCOC.CCCn1c(=O)c2c(n(CC)c1=O)N=C(c1cnn(Cc3cccc(C(F)(F)F)c3)c1)C2.CCCn1c(=O)c2c(nc(-c3cnn(Cc4cccc(C(F)(F)F)c4)c3)n2C(CC)OC(=O)OCCOCCOCCOC)n(CC)c1=O.COCCOCCOCCO. The van der Waals surface area contributed by atoms with Crippen LogP contribution in [0.5, 0.6) is 0 Å². The molecule has 0 fully saturated rings. The van der Waals surface area contributed by atoms with Gasteiger partial charge in [-0.05, 0) is 81.3 Å². The number of hydrogen-bond donors (Lipinski definition) is 1. The van der Waals surface area contributed by atoms with Gasteiger partial charge in [-0.15, -0.1) is 0 Å². The predicted molar refractivity (Wildman–Crippen MR) is 489 cm³/mol. The maximum atomic E-state index is 13.9. The van der Waals surface area contributed by atoms with E-state index < -0.39 is 81.5 Å². The lowest BCUT2D eigenvalue weighted by molar-refractivity contribution is -0.138. The number of aliphatic hydroxyl groups excluding tert-OH is 1. The average Bonchev–Trinajstić information content (AvgIpc) is 1.58. The van der Waals surface area contributed by atoms with Gasteiger partial charge in [0.05, 0.1) is 192 Å². The van der Waals surface area contributed by atoms with Crippen LogP contribution in [0, 0.1) is 0 Å². The summed E-state index contributed by atoms with van der Waals surface area (Å²) in [5.74, 6) is 0.533. The van der Waals surface area contributed by atoms with Crippen molar-refractivity contribution < 1.29 is 141 Å². The van der Waals surface area contributed by atoms with Gasteiger partial charge in [0.25, 0.3) is 11.1 Å². The van der Waals surface area contributed by atoms with E-state index in [-0.39, 0.29) is 107 Å². The molecule has 0 saturated carbocycles. The highest BCUT2D eigenvalue weighted by Crippen LogP contribution is 2.34. The van der Waals surface area contributed by atoms with Gasteiger partial charge < -0.3 is 95.1 Å². The average molecular weight is 2030 g/mol. The standard InChI is InChI=1S/C32H41F3N6O8.C22H22F3N5O2.2C11H21ClO6.C7H16O4.C4H6Cl2O2/c1-5-11-40-29(42)26-28(39(7-3)30(40)43)37-27(23-19-36-38(21-23)20-22-9-8-10-24(18-22)32(33,34)35)41(26)25(6-2)49-31(44)48-17-16-47-15-14-46-13-12-45-4;1-3-8-30-20(31)17-10-18(27-19(17)29(4-2)21(30)32)15-11-26-28(13-15)12-14-6-5-7-16(9-14)22(23,24)25;2*1-3-10(12)18-11(13)17-9-8-16-7-6-15-5-4-14-2;1-9-4-5-11-7-6-10-3-2-8;1-2-3(5)8-4(6)7/h8-10,18-19,21,25H,5-7,11-17,20H2,1-4H3;5-7,9,11,13H,3-4,8,10,12H2,1-2H3;2*10H,3-9H2,1-2H3;8H,2-7H2,1H3;3H,2H2,1H3. The molecule has 136 heavy (non-hydrogen) atoms. The van der Waals surface area contributed by atoms with Gasteiger partial charge in [-0.25, -0.2) is 38.7 Å². The van der Waals surface area contributed by atoms with Crippen molar-refractivity contribution in [2.24, 2.45) is 4.99 Å². The number of aliphatic hydroxyl groups is 1. The van der Waals surface area contributed by atoms with Gasteiger partial charge in [-0.1, -0.05) is 101 Å². The summed E-state index contributed by atoms with van der Waals surface area (Å²) in [4.78, 5) is 107. The second-order valence-electron chi connectivity index (χ2n) is 28.1. The Morgan fingerprint density at radius 2 is 0.824 bits per heavy atom. The Balaban J connectivity index is 0.000000468. The van der Waals surface area contributed by atoms with Crippen LogP contribution in [-0.4, -0.2) is 286 Å². The predicted octanol–water partition coefficient (Wildman–Crippen LogP) is 13.4. The number of alkyl halides is 9. The number of fused-ring (bicyclic) bond motifs is 2. The Labute approximate surface area is 803 Å². The minimum Gasteiger partial charge on any atom is -0.434 e. The molecule has 0 radical (unpaired) electrons. The van der Waals surface area contributed by atoms with E-state index in [1.165, 1.54) is 46.0 Å². The minimum atomic E-state index is -4.50. The molecule has 1 aliphatic heterocycles. The summed E-state index contributed by atoms with van der Waals surface area (Å²) in [6.07, 6.45) is -3.08. The van der Waals surface area contributed by atoms with Crippen LogP contribution in [0.25, 0.3) is 22.6 Å². The molecular weight excluding hydrogens is 1900 g/mol. The Hall–Kier alpha value is -9.14. The summed E-state index contributed by atoms with van der Waals surface area (Å²) < 4.78 is 183. The molecule has 49 heteroatoms. The molecule has 8 rings (SSSR count). The number of aliphatic imine (C=N–C) groups is 1. The Morgan fingerprint density at radius 3 is 1.19 bits per heavy atom. The van der Waals surface area contributed by atoms with E-state index in [4.69, 9.17) is 127 Å². The molecule has 1 N–H and O–H groups in total. The number of halogens is 10. The number of methoxy groups -OCH3 is 4. The highest BCUT2D eigenvalue weighted by Gasteiger charge is 2.34. The topological polar surface area (TPSA) is 418 Å². The van der Waals surface area contributed by atoms with Crippen molar-refractivity contribution in [3.8, 4) is 11.4 Å². The number of hydrogen-bond acceptors (Lipinski definition) is 32. The third kappa shape index (κ3) is 46.1. The lowest BCUT2D eigenvalue weighted by atomic mass is 10.1. The van der Waals surface area contributed by atoms with Crippen LogP contribution in [0.4, 0.5) is 51.3 Å². The summed E-state index contributed by atoms with van der Waals surface area (Å²) in [5, 5.41) is 16.9. The van der Waals surface area contributed by atoms with Crippen molar-refractivity contribution in [2.45, 2.75) is 175 Å². The molecule has 4 unspecified atom stereocenters. The Bertz CT molecular complexity index is 4790. The van der Waals surface area contributed by atoms with Crippen molar-refractivity contribution in [1.82, 2.24) is 47.4 Å². The van der Waals surface area contributed by atoms with Gasteiger partial charge >= 0.3 is 47.6 Å². The molecule has 5 aromatic heterocycles. The van der Waals surface area contributed by atoms with E-state index in [0.717, 1.165) is 28.8 Å². The minimum absolute atomic E-state index is 0.00844. The summed E-state index contributed by atoms with van der Waals surface area (Å²) in [5.41, 5.74) is -3.02. The van der Waals surface area contributed by atoms with Crippen molar-refractivity contribution in [3.63, 3.8) is 0 Å². The van der Waals surface area contributed by atoms with Crippen molar-refractivity contribution in [2.75, 3.05) is 187 Å². The zero-order valence-electron chi connectivity index (χ0n) is 78.6. The molecule has 1 aliphatic rings. The van der Waals surface area contributed by atoms with Crippen LogP contribution in [0.2, 0.25) is 0 Å². The van der Waals surface area contributed by atoms with Crippen LogP contribution in [0.1, 0.15) is 134 Å². The zero-order valence-corrected chi connectivity index (χ0v) is 81.6. The molecule has 4 atom stereocenters. The molecule has 0 aliphatic carbocycles. The number of aromatic nitrogens is 10. The number of nitrogens with zero attached hydrogens (tertiary/aromatic N) is 11. The number of carbonyl (C=O) groups excluding carboxylic acids is 4. The molecule has 6 heterocycles. The van der Waals surface area contributed by atoms with Gasteiger partial charge in [-0.3, -0.25) is 41.8 Å². The highest BCUT2D eigenvalue weighted by atomic mass is 35.5. The van der Waals surface area contributed by atoms with Crippen LogP contribution < -0.4 is 22.5 Å². The van der Waals surface area contributed by atoms with Gasteiger partial charge in [-0.2, -0.15) is 36.5 Å². The third-order valence-electron chi connectivity index (χ3n) is 18.0. The first-order chi connectivity index (χ1) is 65.2. The van der Waals surface area contributed by atoms with E-state index >= 15 is 0 Å². The van der Waals surface area contributed by atoms with E-state index in [2.05, 4.69) is 34.4 Å². The number of aryl methyl sites for hydroxylation is 1. The lowest BCUT2D eigenvalue weighted by Gasteiger charge is -2.20. The van der Waals surface area contributed by atoms with E-state index in [1.54, 1.807) is 93.8 Å². The molecule has 0 bridgehead atoms. The molecular formula is C87H127Cl4F6N11O28. The van der Waals surface area contributed by atoms with Crippen LogP contribution >= 0.6 is 46.4 Å². The first-order valence-electron chi connectivity index (χ1n) is 43.8. The maximum absolute atomic E-state index is 13.9. The zero-order chi connectivity index (χ0) is 101. The molecule has 7 aromatic rings. The van der Waals surface area contributed by atoms with E-state index in [9.17, 15) is 64.7 Å². The van der Waals surface area contributed by atoms with Gasteiger partial charge in [0, 0.05) is 97.0 Å². The number of imidazole rings is 1. The van der Waals surface area contributed by atoms with E-state index in [1.807, 2.05) is 20.8 Å². The van der Waals surface area contributed by atoms with Crippen LogP contribution in [-0.2, 0) is 148 Å². The number of carbonyl (C=O) groups is 4. The molecule has 768 valence electrons. The first kappa shape index (κ1) is 121. The van der Waals surface area contributed by atoms with E-state index in [0.29, 0.717) is 203 Å². The number of rotatable bonds is 56. The maximum Gasteiger partial charge on any atom is 0.510 e. The highest BCUT2D eigenvalue weighted by molar-refractivity contribution is 6.61. The number of ether oxygens (including phenoxy) is 19. The second-order valence-corrected chi connectivity index (χ2v) is 29.9. The Kier molecular flexibility index (Phi) is 62.0. The van der Waals surface area contributed by atoms with Gasteiger partial charge in [0.1, 0.15) is 31.5 Å². The molecule has 0 spiro atoms. The molecule has 39 nitrogen and oxygen atoms in total. The molecule has 0 amide bonds. The second kappa shape index (κ2) is 69.6. The fraction of sp³-hybridized carbons (Fsp3) is 0.632. The van der Waals surface area contributed by atoms with Crippen molar-refractivity contribution >= 4 is 93.0 Å². The van der Waals surface area contributed by atoms with Crippen LogP contribution in [0.15, 0.2) is 97.5 Å². The van der Waals surface area contributed by atoms with Crippen molar-refractivity contribution in [3.05, 3.63) is 148 Å². The van der Waals surface area contributed by atoms with Crippen molar-refractivity contribution in [1.29, 1.82) is 0 Å². The smallest absolute Gasteiger partial charge is 0.434 e. The summed E-state index contributed by atoms with van der Waals surface area (Å²) in [6, 6.07) is 10.0. The fourth-order valence-electron chi connectivity index (χ4n) is 11.5. The fourth-order valence-corrected chi connectivity index (χ4v) is 11.9. The molecule has 0 saturated heterocycles. The summed E-state index contributed by atoms with van der Waals surface area (Å²) >= 11 is 21.3. The lowest BCUT2D eigenvalue weighted by Crippen LogP contribution is -2.41. The first-order valence-corrected chi connectivity index (χ1v) is 45.5.